The van der Waals surface area contributed by atoms with Crippen molar-refractivity contribution in [2.45, 2.75) is 13.5 Å². The molecule has 9 nitrogen and oxygen atoms in total. The Bertz CT molecular complexity index is 1560. The number of non-ortho nitro benzene ring substituents is 1. The molecule has 0 bridgehead atoms. The van der Waals surface area contributed by atoms with Crippen molar-refractivity contribution in [3.05, 3.63) is 129 Å². The number of nitro groups is 1. The summed E-state index contributed by atoms with van der Waals surface area (Å²) in [5.41, 5.74) is 2.43. The Morgan fingerprint density at radius 1 is 0.842 bits per heavy atom. The molecule has 0 fully saturated rings. The lowest BCUT2D eigenvalue weighted by Gasteiger charge is -2.17. The first-order valence-electron chi connectivity index (χ1n) is 11.6. The number of rotatable bonds is 7. The molecular formula is C29H20N2O7. The number of aryl methyl sites for hydroxylation is 1. The van der Waals surface area contributed by atoms with E-state index >= 15 is 0 Å². The van der Waals surface area contributed by atoms with Crippen LogP contribution in [0.25, 0.3) is 0 Å². The lowest BCUT2D eigenvalue weighted by Crippen LogP contribution is -2.30. The first-order valence-corrected chi connectivity index (χ1v) is 11.6. The van der Waals surface area contributed by atoms with Gasteiger partial charge in [-0.15, -0.1) is 0 Å². The van der Waals surface area contributed by atoms with Crippen molar-refractivity contribution in [3.8, 4) is 11.5 Å². The van der Waals surface area contributed by atoms with Gasteiger partial charge in [0.15, 0.2) is 0 Å². The summed E-state index contributed by atoms with van der Waals surface area (Å²) in [7, 11) is 0. The number of carbonyl (C=O) groups is 3. The van der Waals surface area contributed by atoms with Gasteiger partial charge in [0, 0.05) is 12.1 Å². The average Bonchev–Trinajstić information content (AvgIpc) is 3.18. The van der Waals surface area contributed by atoms with Crippen LogP contribution in [0.2, 0.25) is 0 Å². The van der Waals surface area contributed by atoms with Crippen LogP contribution < -0.4 is 9.64 Å². The molecule has 0 N–H and O–H groups in total. The Hall–Kier alpha value is -5.31. The van der Waals surface area contributed by atoms with Crippen LogP contribution in [0.4, 0.5) is 11.4 Å². The molecule has 4 aromatic rings. The van der Waals surface area contributed by atoms with E-state index < -0.39 is 22.7 Å². The maximum absolute atomic E-state index is 12.9. The smallest absolute Gasteiger partial charge is 0.338 e. The molecule has 1 aliphatic rings. The number of fused-ring (bicyclic) bond motifs is 1. The molecule has 0 unspecified atom stereocenters. The van der Waals surface area contributed by atoms with Crippen LogP contribution in [0.1, 0.15) is 42.2 Å². The van der Waals surface area contributed by atoms with Crippen molar-refractivity contribution in [3.63, 3.8) is 0 Å². The Balaban J connectivity index is 1.28. The summed E-state index contributed by atoms with van der Waals surface area (Å²) in [4.78, 5) is 50.1. The summed E-state index contributed by atoms with van der Waals surface area (Å²) in [5.74, 6) is -0.613. The van der Waals surface area contributed by atoms with Crippen molar-refractivity contribution in [1.82, 2.24) is 0 Å². The summed E-state index contributed by atoms with van der Waals surface area (Å²) in [5, 5.41) is 10.8. The highest BCUT2D eigenvalue weighted by Crippen LogP contribution is 2.31. The first-order chi connectivity index (χ1) is 18.3. The van der Waals surface area contributed by atoms with Gasteiger partial charge in [0.1, 0.15) is 18.1 Å². The zero-order valence-electron chi connectivity index (χ0n) is 20.1. The van der Waals surface area contributed by atoms with Crippen LogP contribution in [0, 0.1) is 17.0 Å². The maximum Gasteiger partial charge on any atom is 0.338 e. The number of imide groups is 1. The molecule has 9 heteroatoms. The van der Waals surface area contributed by atoms with Gasteiger partial charge in [-0.05, 0) is 66.6 Å². The number of nitrogens with zero attached hydrogens (tertiary/aromatic N) is 2. The largest absolute Gasteiger partial charge is 0.457 e. The molecule has 1 aliphatic heterocycles. The van der Waals surface area contributed by atoms with Crippen molar-refractivity contribution in [1.29, 1.82) is 0 Å². The number of hydrogen-bond donors (Lipinski definition) is 0. The predicted molar refractivity (Wildman–Crippen MR) is 137 cm³/mol. The Morgan fingerprint density at radius 2 is 1.53 bits per heavy atom. The Labute approximate surface area is 217 Å². The van der Waals surface area contributed by atoms with E-state index in [4.69, 9.17) is 9.47 Å². The number of hydrogen-bond acceptors (Lipinski definition) is 7. The van der Waals surface area contributed by atoms with E-state index in [1.54, 1.807) is 67.6 Å². The van der Waals surface area contributed by atoms with Crippen molar-refractivity contribution in [2.24, 2.45) is 0 Å². The third-order valence-corrected chi connectivity index (χ3v) is 6.03. The number of esters is 1. The number of nitro benzene ring substituents is 1. The predicted octanol–water partition coefficient (Wildman–Crippen LogP) is 5.85. The van der Waals surface area contributed by atoms with Gasteiger partial charge in [-0.25, -0.2) is 9.69 Å². The van der Waals surface area contributed by atoms with E-state index in [9.17, 15) is 24.5 Å². The number of anilines is 1. The van der Waals surface area contributed by atoms with Gasteiger partial charge in [0.05, 0.1) is 27.3 Å². The monoisotopic (exact) mass is 508 g/mol. The van der Waals surface area contributed by atoms with Gasteiger partial charge in [0.25, 0.3) is 17.5 Å². The highest BCUT2D eigenvalue weighted by Gasteiger charge is 2.37. The molecule has 0 saturated heterocycles. The summed E-state index contributed by atoms with van der Waals surface area (Å²) < 4.78 is 11.2. The van der Waals surface area contributed by atoms with Crippen LogP contribution >= 0.6 is 0 Å². The molecule has 0 aliphatic carbocycles. The van der Waals surface area contributed by atoms with Crippen LogP contribution in [-0.4, -0.2) is 22.7 Å². The fourth-order valence-corrected chi connectivity index (χ4v) is 4.09. The van der Waals surface area contributed by atoms with Crippen LogP contribution in [-0.2, 0) is 11.3 Å². The maximum atomic E-state index is 12.9. The molecule has 1 heterocycles. The van der Waals surface area contributed by atoms with Crippen LogP contribution in [0.5, 0.6) is 11.5 Å². The SMILES string of the molecule is Cc1ccc(C(=O)OCc2cccc(Oc3ccc([N+](=O)[O-])cc3)c2)cc1N1C(=O)c2ccccc2C1=O. The lowest BCUT2D eigenvalue weighted by molar-refractivity contribution is -0.384. The molecule has 5 rings (SSSR count). The number of benzene rings is 4. The summed E-state index contributed by atoms with van der Waals surface area (Å²) in [6, 6.07) is 23.9. The highest BCUT2D eigenvalue weighted by atomic mass is 16.6. The molecular weight excluding hydrogens is 488 g/mol. The molecule has 0 saturated carbocycles. The van der Waals surface area contributed by atoms with E-state index in [0.29, 0.717) is 39.4 Å². The molecule has 0 aromatic heterocycles. The fraction of sp³-hybridized carbons (Fsp3) is 0.0690. The molecule has 0 spiro atoms. The minimum absolute atomic E-state index is 0.0414. The minimum Gasteiger partial charge on any atom is -0.457 e. The molecule has 188 valence electrons. The van der Waals surface area contributed by atoms with Gasteiger partial charge >= 0.3 is 5.97 Å². The normalized spacial score (nSPS) is 12.3. The summed E-state index contributed by atoms with van der Waals surface area (Å²) >= 11 is 0. The standard InChI is InChI=1S/C29H20N2O7/c1-18-9-10-20(16-26(18)30-27(32)24-7-2-3-8-25(24)28(30)33)29(34)37-17-19-5-4-6-23(15-19)38-22-13-11-21(12-14-22)31(35)36/h2-16H,17H2,1H3. The second kappa shape index (κ2) is 9.98. The summed E-state index contributed by atoms with van der Waals surface area (Å²) in [6.07, 6.45) is 0. The zero-order valence-corrected chi connectivity index (χ0v) is 20.1. The van der Waals surface area contributed by atoms with Gasteiger partial charge in [-0.3, -0.25) is 19.7 Å². The quantitative estimate of drug-likeness (QED) is 0.133. The molecule has 4 aromatic carbocycles. The molecule has 38 heavy (non-hydrogen) atoms. The first kappa shape index (κ1) is 24.4. The molecule has 0 atom stereocenters. The second-order valence-corrected chi connectivity index (χ2v) is 8.57. The Morgan fingerprint density at radius 3 is 2.18 bits per heavy atom. The van der Waals surface area contributed by atoms with Gasteiger partial charge in [-0.1, -0.05) is 30.3 Å². The van der Waals surface area contributed by atoms with Gasteiger partial charge < -0.3 is 9.47 Å². The number of carbonyl (C=O) groups excluding carboxylic acids is 3. The zero-order chi connectivity index (χ0) is 26.8. The highest BCUT2D eigenvalue weighted by molar-refractivity contribution is 6.34. The molecule has 0 radical (unpaired) electrons. The van der Waals surface area contributed by atoms with Crippen LogP contribution in [0.15, 0.2) is 91.0 Å². The van der Waals surface area contributed by atoms with E-state index in [0.717, 1.165) is 4.90 Å². The van der Waals surface area contributed by atoms with Crippen LogP contribution in [0.3, 0.4) is 0 Å². The molecule has 2 amide bonds. The van der Waals surface area contributed by atoms with Gasteiger partial charge in [0.2, 0.25) is 0 Å². The van der Waals surface area contributed by atoms with E-state index in [1.807, 2.05) is 0 Å². The number of amides is 2. The third kappa shape index (κ3) is 4.72. The van der Waals surface area contributed by atoms with E-state index in [2.05, 4.69) is 0 Å². The average molecular weight is 508 g/mol. The van der Waals surface area contributed by atoms with Crippen molar-refractivity contribution < 1.29 is 28.8 Å². The van der Waals surface area contributed by atoms with Gasteiger partial charge in [-0.2, -0.15) is 0 Å². The van der Waals surface area contributed by atoms with E-state index in [1.165, 1.54) is 30.3 Å². The topological polar surface area (TPSA) is 116 Å². The summed E-state index contributed by atoms with van der Waals surface area (Å²) in [6.45, 7) is 1.71. The van der Waals surface area contributed by atoms with Crippen molar-refractivity contribution in [2.75, 3.05) is 4.90 Å². The minimum atomic E-state index is -0.621. The second-order valence-electron chi connectivity index (χ2n) is 8.57. The van der Waals surface area contributed by atoms with E-state index in [-0.39, 0.29) is 17.9 Å². The number of ether oxygens (including phenoxy) is 2. The Kier molecular flexibility index (Phi) is 6.40. The lowest BCUT2D eigenvalue weighted by atomic mass is 10.1. The fourth-order valence-electron chi connectivity index (χ4n) is 4.09. The third-order valence-electron chi connectivity index (χ3n) is 6.03. The van der Waals surface area contributed by atoms with Crippen molar-refractivity contribution >= 4 is 29.2 Å².